The predicted octanol–water partition coefficient (Wildman–Crippen LogP) is 2.65. The van der Waals surface area contributed by atoms with Gasteiger partial charge in [-0.05, 0) is 61.8 Å². The maximum Gasteiger partial charge on any atom is 0.311 e. The number of carbonyl (C=O) groups excluding carboxylic acids is 1. The van der Waals surface area contributed by atoms with Crippen molar-refractivity contribution in [3.05, 3.63) is 28.2 Å². The van der Waals surface area contributed by atoms with Crippen LogP contribution in [0, 0.1) is 5.41 Å². The summed E-state index contributed by atoms with van der Waals surface area (Å²) in [7, 11) is 0. The molecule has 110 valence electrons. The number of nitrogen functional groups attached to an aromatic ring is 1. The predicted molar refractivity (Wildman–Crippen MR) is 81.5 cm³/mol. The van der Waals surface area contributed by atoms with Crippen LogP contribution in [0.15, 0.2) is 22.7 Å². The number of halogens is 1. The number of rotatable bonds is 4. The lowest BCUT2D eigenvalue weighted by Crippen LogP contribution is -2.56. The van der Waals surface area contributed by atoms with Gasteiger partial charge in [-0.15, -0.1) is 0 Å². The van der Waals surface area contributed by atoms with Gasteiger partial charge in [-0.1, -0.05) is 0 Å². The smallest absolute Gasteiger partial charge is 0.311 e. The molecule has 20 heavy (non-hydrogen) atoms. The highest BCUT2D eigenvalue weighted by atomic mass is 79.9. The number of carboxylic acids is 1. The van der Waals surface area contributed by atoms with Crippen LogP contribution < -0.4 is 11.1 Å². The van der Waals surface area contributed by atoms with Gasteiger partial charge in [0.05, 0.1) is 11.0 Å². The molecule has 0 heterocycles. The monoisotopic (exact) mass is 342 g/mol. The first-order valence-corrected chi connectivity index (χ1v) is 6.89. The number of nitrogens with one attached hydrogen (secondary N) is 1. The average Bonchev–Trinajstić information content (AvgIpc) is 2.31. The summed E-state index contributed by atoms with van der Waals surface area (Å²) in [5, 5.41) is 12.0. The van der Waals surface area contributed by atoms with Crippen LogP contribution in [0.3, 0.4) is 0 Å². The van der Waals surface area contributed by atoms with Crippen LogP contribution >= 0.6 is 15.9 Å². The maximum absolute atomic E-state index is 12.2. The zero-order valence-corrected chi connectivity index (χ0v) is 13.5. The normalized spacial score (nSPS) is 12.1. The number of aliphatic carboxylic acids is 1. The molecule has 6 heteroatoms. The molecule has 0 radical (unpaired) electrons. The zero-order chi connectivity index (χ0) is 15.7. The van der Waals surface area contributed by atoms with Crippen molar-refractivity contribution in [1.82, 2.24) is 5.32 Å². The van der Waals surface area contributed by atoms with Crippen LogP contribution in [0.4, 0.5) is 5.69 Å². The summed E-state index contributed by atoms with van der Waals surface area (Å²) < 4.78 is 0.625. The Morgan fingerprint density at radius 1 is 1.25 bits per heavy atom. The summed E-state index contributed by atoms with van der Waals surface area (Å²) in [6.07, 6.45) is 0. The molecule has 0 saturated carbocycles. The summed E-state index contributed by atoms with van der Waals surface area (Å²) in [4.78, 5) is 23.5. The van der Waals surface area contributed by atoms with E-state index in [1.807, 2.05) is 0 Å². The second kappa shape index (κ2) is 5.44. The maximum atomic E-state index is 12.2. The third-order valence-electron chi connectivity index (χ3n) is 3.79. The third kappa shape index (κ3) is 3.12. The van der Waals surface area contributed by atoms with Gasteiger partial charge in [0.25, 0.3) is 5.91 Å². The number of hydrogen-bond donors (Lipinski definition) is 3. The van der Waals surface area contributed by atoms with E-state index in [1.54, 1.807) is 45.9 Å². The molecule has 1 amide bonds. The van der Waals surface area contributed by atoms with E-state index >= 15 is 0 Å². The molecule has 1 aromatic rings. The Balaban J connectivity index is 3.00. The van der Waals surface area contributed by atoms with E-state index in [-0.39, 0.29) is 5.91 Å². The van der Waals surface area contributed by atoms with E-state index in [1.165, 1.54) is 0 Å². The highest BCUT2D eigenvalue weighted by molar-refractivity contribution is 9.10. The van der Waals surface area contributed by atoms with E-state index in [0.717, 1.165) is 0 Å². The summed E-state index contributed by atoms with van der Waals surface area (Å²) in [5.74, 6) is -1.31. The van der Waals surface area contributed by atoms with E-state index < -0.39 is 16.9 Å². The zero-order valence-electron chi connectivity index (χ0n) is 12.0. The highest BCUT2D eigenvalue weighted by Gasteiger charge is 2.44. The van der Waals surface area contributed by atoms with Gasteiger partial charge in [0.2, 0.25) is 0 Å². The summed E-state index contributed by atoms with van der Waals surface area (Å²) in [6.45, 7) is 6.53. The second-order valence-corrected chi connectivity index (χ2v) is 6.60. The minimum atomic E-state index is -1.10. The fraction of sp³-hybridized carbons (Fsp3) is 0.429. The van der Waals surface area contributed by atoms with Crippen molar-refractivity contribution in [3.63, 3.8) is 0 Å². The summed E-state index contributed by atoms with van der Waals surface area (Å²) in [5.41, 5.74) is 4.60. The van der Waals surface area contributed by atoms with Crippen molar-refractivity contribution in [2.75, 3.05) is 5.73 Å². The van der Waals surface area contributed by atoms with Crippen LogP contribution in [-0.4, -0.2) is 22.5 Å². The van der Waals surface area contributed by atoms with Crippen LogP contribution in [0.1, 0.15) is 38.1 Å². The first-order chi connectivity index (χ1) is 8.99. The summed E-state index contributed by atoms with van der Waals surface area (Å²) >= 11 is 3.26. The SMILES string of the molecule is CC(C)(NC(=O)c1ccc(N)c(Br)c1)C(C)(C)C(=O)O. The Bertz CT molecular complexity index is 553. The van der Waals surface area contributed by atoms with Crippen molar-refractivity contribution in [2.24, 2.45) is 5.41 Å². The lowest BCUT2D eigenvalue weighted by Gasteiger charge is -2.38. The standard InChI is InChI=1S/C14H19BrN2O3/c1-13(2,12(19)20)14(3,4)17-11(18)8-5-6-10(16)9(15)7-8/h5-7H,16H2,1-4H3,(H,17,18)(H,19,20). The van der Waals surface area contributed by atoms with Gasteiger partial charge in [-0.3, -0.25) is 9.59 Å². The Hall–Kier alpha value is -1.56. The molecule has 0 aliphatic heterocycles. The quantitative estimate of drug-likeness (QED) is 0.733. The fourth-order valence-corrected chi connectivity index (χ4v) is 1.83. The van der Waals surface area contributed by atoms with Crippen LogP contribution in [0.25, 0.3) is 0 Å². The topological polar surface area (TPSA) is 92.4 Å². The van der Waals surface area contributed by atoms with Gasteiger partial charge >= 0.3 is 5.97 Å². The van der Waals surface area contributed by atoms with Crippen LogP contribution in [0.2, 0.25) is 0 Å². The molecule has 1 rings (SSSR count). The molecule has 0 aromatic heterocycles. The molecule has 4 N–H and O–H groups in total. The van der Waals surface area contributed by atoms with Crippen LogP contribution in [0.5, 0.6) is 0 Å². The molecule has 0 bridgehead atoms. The number of carbonyl (C=O) groups is 2. The van der Waals surface area contributed by atoms with Crippen molar-refractivity contribution >= 4 is 33.5 Å². The Kier molecular flexibility index (Phi) is 4.49. The average molecular weight is 343 g/mol. The molecule has 0 spiro atoms. The first-order valence-electron chi connectivity index (χ1n) is 6.10. The highest BCUT2D eigenvalue weighted by Crippen LogP contribution is 2.31. The lowest BCUT2D eigenvalue weighted by atomic mass is 9.74. The van der Waals surface area contributed by atoms with Crippen molar-refractivity contribution < 1.29 is 14.7 Å². The Labute approximate surface area is 126 Å². The molecular weight excluding hydrogens is 324 g/mol. The Morgan fingerprint density at radius 3 is 2.25 bits per heavy atom. The van der Waals surface area contributed by atoms with Crippen molar-refractivity contribution in [1.29, 1.82) is 0 Å². The second-order valence-electron chi connectivity index (χ2n) is 5.75. The molecule has 5 nitrogen and oxygen atoms in total. The minimum absolute atomic E-state index is 0.343. The fourth-order valence-electron chi connectivity index (χ4n) is 1.45. The van der Waals surface area contributed by atoms with Gasteiger partial charge < -0.3 is 16.2 Å². The molecular formula is C14H19BrN2O3. The number of amides is 1. The van der Waals surface area contributed by atoms with E-state index in [0.29, 0.717) is 15.7 Å². The third-order valence-corrected chi connectivity index (χ3v) is 4.47. The molecule has 0 atom stereocenters. The van der Waals surface area contributed by atoms with Crippen LogP contribution in [-0.2, 0) is 4.79 Å². The number of benzene rings is 1. The van der Waals surface area contributed by atoms with Gasteiger partial charge in [-0.2, -0.15) is 0 Å². The van der Waals surface area contributed by atoms with Gasteiger partial charge in [0, 0.05) is 15.7 Å². The van der Waals surface area contributed by atoms with Crippen molar-refractivity contribution in [2.45, 2.75) is 33.2 Å². The van der Waals surface area contributed by atoms with Gasteiger partial charge in [-0.25, -0.2) is 0 Å². The number of nitrogens with two attached hydrogens (primary N) is 1. The Morgan fingerprint density at radius 2 is 1.80 bits per heavy atom. The molecule has 0 aliphatic rings. The van der Waals surface area contributed by atoms with Gasteiger partial charge in [0.15, 0.2) is 0 Å². The minimum Gasteiger partial charge on any atom is -0.481 e. The molecule has 0 saturated heterocycles. The number of anilines is 1. The largest absolute Gasteiger partial charge is 0.481 e. The molecule has 0 fully saturated rings. The first kappa shape index (κ1) is 16.5. The van der Waals surface area contributed by atoms with E-state index in [2.05, 4.69) is 21.2 Å². The van der Waals surface area contributed by atoms with Crippen molar-refractivity contribution in [3.8, 4) is 0 Å². The van der Waals surface area contributed by atoms with Gasteiger partial charge in [0.1, 0.15) is 0 Å². The molecule has 1 aromatic carbocycles. The number of hydrogen-bond acceptors (Lipinski definition) is 3. The summed E-state index contributed by atoms with van der Waals surface area (Å²) in [6, 6.07) is 4.82. The van der Waals surface area contributed by atoms with E-state index in [4.69, 9.17) is 5.73 Å². The number of carboxylic acid groups (broad SMARTS) is 1. The molecule has 0 unspecified atom stereocenters. The lowest BCUT2D eigenvalue weighted by molar-refractivity contribution is -0.150. The molecule has 0 aliphatic carbocycles. The van der Waals surface area contributed by atoms with E-state index in [9.17, 15) is 14.7 Å².